The maximum absolute atomic E-state index is 12.1. The number of aryl methyl sites for hydroxylation is 3. The molecule has 0 spiro atoms. The molecule has 6 heteroatoms. The zero-order valence-electron chi connectivity index (χ0n) is 10.8. The highest BCUT2D eigenvalue weighted by atomic mass is 16.2. The summed E-state index contributed by atoms with van der Waals surface area (Å²) >= 11 is 0. The third-order valence-corrected chi connectivity index (χ3v) is 2.67. The summed E-state index contributed by atoms with van der Waals surface area (Å²) in [5.41, 5.74) is 2.39. The van der Waals surface area contributed by atoms with Crippen molar-refractivity contribution in [3.63, 3.8) is 0 Å². The fourth-order valence-electron chi connectivity index (χ4n) is 1.73. The van der Waals surface area contributed by atoms with Gasteiger partial charge in [-0.1, -0.05) is 6.92 Å². The molecule has 0 bridgehead atoms. The molecule has 0 aliphatic rings. The topological polar surface area (TPSA) is 75.6 Å². The van der Waals surface area contributed by atoms with Crippen LogP contribution in [0.15, 0.2) is 12.1 Å². The first-order valence-corrected chi connectivity index (χ1v) is 6.04. The minimum atomic E-state index is -0.185. The van der Waals surface area contributed by atoms with Gasteiger partial charge in [0.1, 0.15) is 5.69 Å². The van der Waals surface area contributed by atoms with Crippen LogP contribution in [0.1, 0.15) is 35.7 Å². The second kappa shape index (κ2) is 5.03. The SMILES string of the molecule is CCc1cc(C(=O)Nc2cc(C)[nH]n2)n(CC)n1. The number of anilines is 1. The van der Waals surface area contributed by atoms with E-state index in [1.165, 1.54) is 0 Å². The molecule has 2 aromatic rings. The standard InChI is InChI=1S/C12H17N5O/c1-4-9-7-10(17(5-2)16-9)12(18)13-11-6-8(3)14-15-11/h6-7H,4-5H2,1-3H3,(H2,13,14,15,18). The monoisotopic (exact) mass is 247 g/mol. The van der Waals surface area contributed by atoms with E-state index in [1.54, 1.807) is 10.7 Å². The number of aromatic amines is 1. The van der Waals surface area contributed by atoms with Gasteiger partial charge < -0.3 is 5.32 Å². The predicted molar refractivity (Wildman–Crippen MR) is 68.6 cm³/mol. The van der Waals surface area contributed by atoms with E-state index in [2.05, 4.69) is 20.6 Å². The van der Waals surface area contributed by atoms with Gasteiger partial charge in [0.2, 0.25) is 0 Å². The highest BCUT2D eigenvalue weighted by Gasteiger charge is 2.14. The van der Waals surface area contributed by atoms with Crippen molar-refractivity contribution in [2.45, 2.75) is 33.7 Å². The molecule has 2 heterocycles. The van der Waals surface area contributed by atoms with Gasteiger partial charge in [-0.15, -0.1) is 0 Å². The van der Waals surface area contributed by atoms with Gasteiger partial charge in [0.15, 0.2) is 5.82 Å². The second-order valence-corrected chi connectivity index (χ2v) is 4.08. The lowest BCUT2D eigenvalue weighted by atomic mass is 10.3. The Morgan fingerprint density at radius 3 is 2.78 bits per heavy atom. The van der Waals surface area contributed by atoms with Gasteiger partial charge in [0.25, 0.3) is 5.91 Å². The molecule has 0 aliphatic heterocycles. The molecule has 2 rings (SSSR count). The maximum atomic E-state index is 12.1. The Labute approximate surface area is 105 Å². The molecular formula is C12H17N5O. The molecular weight excluding hydrogens is 230 g/mol. The molecule has 0 radical (unpaired) electrons. The van der Waals surface area contributed by atoms with Crippen molar-refractivity contribution < 1.29 is 4.79 Å². The van der Waals surface area contributed by atoms with Crippen molar-refractivity contribution in [2.75, 3.05) is 5.32 Å². The lowest BCUT2D eigenvalue weighted by Crippen LogP contribution is -2.17. The summed E-state index contributed by atoms with van der Waals surface area (Å²) < 4.78 is 1.70. The Morgan fingerprint density at radius 2 is 2.22 bits per heavy atom. The zero-order valence-corrected chi connectivity index (χ0v) is 10.8. The van der Waals surface area contributed by atoms with E-state index < -0.39 is 0 Å². The molecule has 2 N–H and O–H groups in total. The molecule has 0 atom stereocenters. The van der Waals surface area contributed by atoms with Crippen LogP contribution in [0.5, 0.6) is 0 Å². The van der Waals surface area contributed by atoms with E-state index in [4.69, 9.17) is 0 Å². The largest absolute Gasteiger partial charge is 0.304 e. The molecule has 0 unspecified atom stereocenters. The Balaban J connectivity index is 2.20. The first-order chi connectivity index (χ1) is 8.63. The number of hydrogen-bond donors (Lipinski definition) is 2. The van der Waals surface area contributed by atoms with E-state index >= 15 is 0 Å². The summed E-state index contributed by atoms with van der Waals surface area (Å²) in [5, 5.41) is 13.9. The van der Waals surface area contributed by atoms with Crippen molar-refractivity contribution in [1.82, 2.24) is 20.0 Å². The first kappa shape index (κ1) is 12.3. The summed E-state index contributed by atoms with van der Waals surface area (Å²) in [6.07, 6.45) is 0.814. The van der Waals surface area contributed by atoms with Crippen LogP contribution in [0, 0.1) is 6.92 Å². The van der Waals surface area contributed by atoms with E-state index in [1.807, 2.05) is 26.8 Å². The number of nitrogens with one attached hydrogen (secondary N) is 2. The van der Waals surface area contributed by atoms with Gasteiger partial charge in [-0.2, -0.15) is 10.2 Å². The van der Waals surface area contributed by atoms with Crippen LogP contribution < -0.4 is 5.32 Å². The van der Waals surface area contributed by atoms with Crippen molar-refractivity contribution in [1.29, 1.82) is 0 Å². The van der Waals surface area contributed by atoms with Gasteiger partial charge in [-0.05, 0) is 26.3 Å². The molecule has 96 valence electrons. The van der Waals surface area contributed by atoms with Crippen LogP contribution in [0.3, 0.4) is 0 Å². The van der Waals surface area contributed by atoms with Gasteiger partial charge in [-0.25, -0.2) is 0 Å². The average molecular weight is 247 g/mol. The number of H-pyrrole nitrogens is 1. The van der Waals surface area contributed by atoms with Crippen LogP contribution in [0.25, 0.3) is 0 Å². The molecule has 0 aromatic carbocycles. The molecule has 0 aliphatic carbocycles. The fourth-order valence-corrected chi connectivity index (χ4v) is 1.73. The van der Waals surface area contributed by atoms with Crippen molar-refractivity contribution >= 4 is 11.7 Å². The Bertz CT molecular complexity index is 555. The molecule has 0 saturated heterocycles. The summed E-state index contributed by atoms with van der Waals surface area (Å²) in [7, 11) is 0. The number of aromatic nitrogens is 4. The van der Waals surface area contributed by atoms with E-state index in [0.717, 1.165) is 17.8 Å². The number of carbonyl (C=O) groups excluding carboxylic acids is 1. The molecule has 2 aromatic heterocycles. The lowest BCUT2D eigenvalue weighted by Gasteiger charge is -2.03. The number of nitrogens with zero attached hydrogens (tertiary/aromatic N) is 3. The van der Waals surface area contributed by atoms with Gasteiger partial charge >= 0.3 is 0 Å². The van der Waals surface area contributed by atoms with E-state index in [0.29, 0.717) is 18.1 Å². The third kappa shape index (κ3) is 2.42. The molecule has 0 fully saturated rings. The highest BCUT2D eigenvalue weighted by molar-refractivity contribution is 6.02. The van der Waals surface area contributed by atoms with Crippen LogP contribution in [-0.4, -0.2) is 25.9 Å². The third-order valence-electron chi connectivity index (χ3n) is 2.67. The zero-order chi connectivity index (χ0) is 13.1. The minimum Gasteiger partial charge on any atom is -0.304 e. The van der Waals surface area contributed by atoms with Gasteiger partial charge in [-0.3, -0.25) is 14.6 Å². The second-order valence-electron chi connectivity index (χ2n) is 4.08. The lowest BCUT2D eigenvalue weighted by molar-refractivity contribution is 0.101. The summed E-state index contributed by atoms with van der Waals surface area (Å²) in [5.74, 6) is 0.343. The first-order valence-electron chi connectivity index (χ1n) is 6.04. The number of hydrogen-bond acceptors (Lipinski definition) is 3. The Hall–Kier alpha value is -2.11. The molecule has 0 saturated carbocycles. The molecule has 18 heavy (non-hydrogen) atoms. The summed E-state index contributed by atoms with van der Waals surface area (Å²) in [4.78, 5) is 12.1. The number of carbonyl (C=O) groups is 1. The number of amides is 1. The van der Waals surface area contributed by atoms with E-state index in [-0.39, 0.29) is 5.91 Å². The fraction of sp³-hybridized carbons (Fsp3) is 0.417. The summed E-state index contributed by atoms with van der Waals surface area (Å²) in [6, 6.07) is 3.60. The normalized spacial score (nSPS) is 10.6. The van der Waals surface area contributed by atoms with Gasteiger partial charge in [0, 0.05) is 18.3 Å². The van der Waals surface area contributed by atoms with Crippen LogP contribution >= 0.6 is 0 Å². The van der Waals surface area contributed by atoms with Crippen molar-refractivity contribution in [3.8, 4) is 0 Å². The van der Waals surface area contributed by atoms with Gasteiger partial charge in [0.05, 0.1) is 5.69 Å². The molecule has 1 amide bonds. The van der Waals surface area contributed by atoms with Crippen molar-refractivity contribution in [3.05, 3.63) is 29.2 Å². The highest BCUT2D eigenvalue weighted by Crippen LogP contribution is 2.10. The quantitative estimate of drug-likeness (QED) is 0.864. The smallest absolute Gasteiger partial charge is 0.275 e. The summed E-state index contributed by atoms with van der Waals surface area (Å²) in [6.45, 7) is 6.53. The predicted octanol–water partition coefficient (Wildman–Crippen LogP) is 1.75. The average Bonchev–Trinajstić information content (AvgIpc) is 2.95. The minimum absolute atomic E-state index is 0.185. The van der Waals surface area contributed by atoms with Crippen molar-refractivity contribution in [2.24, 2.45) is 0 Å². The maximum Gasteiger partial charge on any atom is 0.275 e. The Kier molecular flexibility index (Phi) is 3.45. The van der Waals surface area contributed by atoms with Crippen LogP contribution in [0.2, 0.25) is 0 Å². The Morgan fingerprint density at radius 1 is 1.44 bits per heavy atom. The van der Waals surface area contributed by atoms with Crippen LogP contribution in [-0.2, 0) is 13.0 Å². The number of rotatable bonds is 4. The van der Waals surface area contributed by atoms with Crippen LogP contribution in [0.4, 0.5) is 5.82 Å². The van der Waals surface area contributed by atoms with E-state index in [9.17, 15) is 4.79 Å². The molecule has 6 nitrogen and oxygen atoms in total.